The minimum absolute atomic E-state index is 0.0395. The lowest BCUT2D eigenvalue weighted by Gasteiger charge is -2.20. The van der Waals surface area contributed by atoms with Gasteiger partial charge in [-0.15, -0.1) is 0 Å². The van der Waals surface area contributed by atoms with Crippen LogP contribution in [0.1, 0.15) is 22.7 Å². The van der Waals surface area contributed by atoms with Crippen LogP contribution < -0.4 is 5.32 Å². The summed E-state index contributed by atoms with van der Waals surface area (Å²) >= 11 is 11.9. The lowest BCUT2D eigenvalue weighted by Crippen LogP contribution is -2.18. The van der Waals surface area contributed by atoms with Crippen LogP contribution in [0.5, 0.6) is 0 Å². The third-order valence-electron chi connectivity index (χ3n) is 3.15. The molecule has 1 N–H and O–H groups in total. The molecule has 5 heteroatoms. The van der Waals surface area contributed by atoms with Gasteiger partial charge in [-0.1, -0.05) is 29.3 Å². The Kier molecular flexibility index (Phi) is 4.63. The van der Waals surface area contributed by atoms with E-state index in [9.17, 15) is 8.78 Å². The first-order chi connectivity index (χ1) is 9.43. The van der Waals surface area contributed by atoms with Gasteiger partial charge in [0.2, 0.25) is 0 Å². The monoisotopic (exact) mass is 315 g/mol. The quantitative estimate of drug-likeness (QED) is 0.850. The van der Waals surface area contributed by atoms with Crippen molar-refractivity contribution in [2.24, 2.45) is 0 Å². The van der Waals surface area contributed by atoms with E-state index in [1.165, 1.54) is 18.2 Å². The van der Waals surface area contributed by atoms with Gasteiger partial charge in [0.25, 0.3) is 0 Å². The molecule has 0 saturated heterocycles. The maximum atomic E-state index is 13.5. The average Bonchev–Trinajstić information content (AvgIpc) is 2.40. The molecular formula is C15H13Cl2F2N. The molecule has 106 valence electrons. The number of hydrogen-bond acceptors (Lipinski definition) is 1. The number of aryl methyl sites for hydroxylation is 1. The van der Waals surface area contributed by atoms with Crippen molar-refractivity contribution >= 4 is 23.2 Å². The molecule has 0 spiro atoms. The molecule has 1 atom stereocenters. The number of nitrogens with one attached hydrogen (secondary N) is 1. The Labute approximate surface area is 126 Å². The van der Waals surface area contributed by atoms with E-state index in [4.69, 9.17) is 23.2 Å². The summed E-state index contributed by atoms with van der Waals surface area (Å²) in [4.78, 5) is 0. The maximum absolute atomic E-state index is 13.5. The van der Waals surface area contributed by atoms with Gasteiger partial charge in [-0.2, -0.15) is 0 Å². The average molecular weight is 316 g/mol. The Morgan fingerprint density at radius 1 is 1.00 bits per heavy atom. The fourth-order valence-corrected chi connectivity index (χ4v) is 2.54. The zero-order valence-corrected chi connectivity index (χ0v) is 12.5. The molecule has 1 nitrogen and oxygen atoms in total. The Morgan fingerprint density at radius 3 is 2.30 bits per heavy atom. The predicted molar refractivity (Wildman–Crippen MR) is 78.5 cm³/mol. The van der Waals surface area contributed by atoms with E-state index in [1.54, 1.807) is 26.1 Å². The van der Waals surface area contributed by atoms with Crippen LogP contribution in [-0.4, -0.2) is 7.05 Å². The van der Waals surface area contributed by atoms with Gasteiger partial charge in [0.15, 0.2) is 0 Å². The number of rotatable bonds is 3. The minimum Gasteiger partial charge on any atom is -0.309 e. The van der Waals surface area contributed by atoms with E-state index in [0.29, 0.717) is 10.6 Å². The lowest BCUT2D eigenvalue weighted by molar-refractivity contribution is 0.613. The Balaban J connectivity index is 2.52. The van der Waals surface area contributed by atoms with Gasteiger partial charge >= 0.3 is 0 Å². The summed E-state index contributed by atoms with van der Waals surface area (Å²) in [6, 6.07) is 7.12. The molecule has 0 aromatic heterocycles. The second-order valence-corrected chi connectivity index (χ2v) is 5.33. The zero-order valence-electron chi connectivity index (χ0n) is 11.0. The molecule has 1 unspecified atom stereocenters. The van der Waals surface area contributed by atoms with Gasteiger partial charge in [-0.3, -0.25) is 0 Å². The fraction of sp³-hybridized carbons (Fsp3) is 0.200. The summed E-state index contributed by atoms with van der Waals surface area (Å²) < 4.78 is 26.7. The third-order valence-corrected chi connectivity index (χ3v) is 3.77. The van der Waals surface area contributed by atoms with Gasteiger partial charge in [0, 0.05) is 5.02 Å². The summed E-state index contributed by atoms with van der Waals surface area (Å²) in [6.45, 7) is 1.67. The highest BCUT2D eigenvalue weighted by Crippen LogP contribution is 2.31. The normalized spacial score (nSPS) is 12.5. The summed E-state index contributed by atoms with van der Waals surface area (Å²) in [5, 5.41) is 3.43. The van der Waals surface area contributed by atoms with Crippen LogP contribution in [0.15, 0.2) is 30.3 Å². The zero-order chi connectivity index (χ0) is 14.9. The van der Waals surface area contributed by atoms with Crippen LogP contribution in [0.3, 0.4) is 0 Å². The SMILES string of the molecule is CNC(c1ccc(F)c(Cl)c1)c1cc(C)c(F)cc1Cl. The van der Waals surface area contributed by atoms with E-state index >= 15 is 0 Å². The first kappa shape index (κ1) is 15.2. The molecule has 0 aliphatic heterocycles. The number of benzene rings is 2. The Morgan fingerprint density at radius 2 is 1.70 bits per heavy atom. The summed E-state index contributed by atoms with van der Waals surface area (Å²) in [5.41, 5.74) is 1.97. The van der Waals surface area contributed by atoms with E-state index < -0.39 is 5.82 Å². The molecule has 0 fully saturated rings. The predicted octanol–water partition coefficient (Wildman–Crippen LogP) is 4.89. The lowest BCUT2D eigenvalue weighted by atomic mass is 9.97. The smallest absolute Gasteiger partial charge is 0.141 e. The van der Waals surface area contributed by atoms with Gasteiger partial charge in [-0.05, 0) is 54.9 Å². The van der Waals surface area contributed by atoms with E-state index in [1.807, 2.05) is 0 Å². The first-order valence-corrected chi connectivity index (χ1v) is 6.77. The second kappa shape index (κ2) is 6.08. The van der Waals surface area contributed by atoms with Crippen molar-refractivity contribution in [1.29, 1.82) is 0 Å². The molecule has 0 radical (unpaired) electrons. The summed E-state index contributed by atoms with van der Waals surface area (Å²) in [5.74, 6) is -0.836. The van der Waals surface area contributed by atoms with E-state index in [2.05, 4.69) is 5.32 Å². The standard InChI is InChI=1S/C15H13Cl2F2N/c1-8-5-10(11(16)7-14(8)19)15(20-2)9-3-4-13(18)12(17)6-9/h3-7,15,20H,1-2H3. The largest absolute Gasteiger partial charge is 0.309 e. The topological polar surface area (TPSA) is 12.0 Å². The van der Waals surface area contributed by atoms with Crippen LogP contribution in [0.25, 0.3) is 0 Å². The van der Waals surface area contributed by atoms with Gasteiger partial charge in [-0.25, -0.2) is 8.78 Å². The van der Waals surface area contributed by atoms with Crippen molar-refractivity contribution in [3.05, 3.63) is 68.7 Å². The van der Waals surface area contributed by atoms with Crippen LogP contribution in [0.2, 0.25) is 10.0 Å². The van der Waals surface area contributed by atoms with Crippen molar-refractivity contribution in [2.45, 2.75) is 13.0 Å². The first-order valence-electron chi connectivity index (χ1n) is 6.01. The van der Waals surface area contributed by atoms with Crippen LogP contribution >= 0.6 is 23.2 Å². The highest BCUT2D eigenvalue weighted by Gasteiger charge is 2.18. The molecule has 2 rings (SSSR count). The highest BCUT2D eigenvalue weighted by atomic mass is 35.5. The van der Waals surface area contributed by atoms with Crippen LogP contribution in [0, 0.1) is 18.6 Å². The molecule has 2 aromatic rings. The molecule has 2 aromatic carbocycles. The van der Waals surface area contributed by atoms with Crippen LogP contribution in [0.4, 0.5) is 8.78 Å². The molecule has 0 aliphatic rings. The van der Waals surface area contributed by atoms with Crippen molar-refractivity contribution in [2.75, 3.05) is 7.05 Å². The van der Waals surface area contributed by atoms with Crippen LogP contribution in [-0.2, 0) is 0 Å². The molecular weight excluding hydrogens is 303 g/mol. The van der Waals surface area contributed by atoms with Gasteiger partial charge in [0.05, 0.1) is 11.1 Å². The van der Waals surface area contributed by atoms with Crippen molar-refractivity contribution in [1.82, 2.24) is 5.32 Å². The molecule has 20 heavy (non-hydrogen) atoms. The molecule has 0 aliphatic carbocycles. The van der Waals surface area contributed by atoms with Gasteiger partial charge in [0.1, 0.15) is 11.6 Å². The third kappa shape index (κ3) is 2.95. The van der Waals surface area contributed by atoms with Crippen molar-refractivity contribution < 1.29 is 8.78 Å². The molecule has 0 saturated carbocycles. The molecule has 0 bridgehead atoms. The highest BCUT2D eigenvalue weighted by molar-refractivity contribution is 6.31. The second-order valence-electron chi connectivity index (χ2n) is 4.52. The molecule has 0 heterocycles. The summed E-state index contributed by atoms with van der Waals surface area (Å²) in [7, 11) is 1.75. The van der Waals surface area contributed by atoms with Crippen molar-refractivity contribution in [3.8, 4) is 0 Å². The Bertz CT molecular complexity index is 644. The number of halogens is 4. The number of hydrogen-bond donors (Lipinski definition) is 1. The van der Waals surface area contributed by atoms with E-state index in [0.717, 1.165) is 11.1 Å². The Hall–Kier alpha value is -1.16. The van der Waals surface area contributed by atoms with Gasteiger partial charge < -0.3 is 5.32 Å². The summed E-state index contributed by atoms with van der Waals surface area (Å²) in [6.07, 6.45) is 0. The minimum atomic E-state index is -0.480. The molecule has 0 amide bonds. The maximum Gasteiger partial charge on any atom is 0.141 e. The van der Waals surface area contributed by atoms with E-state index in [-0.39, 0.29) is 16.9 Å². The fourth-order valence-electron chi connectivity index (χ4n) is 2.09. The van der Waals surface area contributed by atoms with Crippen molar-refractivity contribution in [3.63, 3.8) is 0 Å².